The lowest BCUT2D eigenvalue weighted by molar-refractivity contribution is 1.17. The van der Waals surface area contributed by atoms with E-state index >= 15 is 0 Å². The molecule has 0 radical (unpaired) electrons. The summed E-state index contributed by atoms with van der Waals surface area (Å²) in [7, 11) is 0. The zero-order valence-electron chi connectivity index (χ0n) is 13.9. The van der Waals surface area contributed by atoms with Crippen LogP contribution in [0.2, 0.25) is 0 Å². The maximum absolute atomic E-state index is 4.86. The fraction of sp³-hybridized carbons (Fsp3) is 0.0952. The third kappa shape index (κ3) is 2.14. The SMILES string of the molecule is CCNc1nc2c(-n3c4ccccc4c4ccccc43)cccc2s1. The average molecular weight is 343 g/mol. The van der Waals surface area contributed by atoms with Crippen molar-refractivity contribution < 1.29 is 0 Å². The second-order valence-corrected chi connectivity index (χ2v) is 7.07. The van der Waals surface area contributed by atoms with Crippen LogP contribution in [0.5, 0.6) is 0 Å². The summed E-state index contributed by atoms with van der Waals surface area (Å²) in [5.74, 6) is 0. The summed E-state index contributed by atoms with van der Waals surface area (Å²) in [4.78, 5) is 4.86. The highest BCUT2D eigenvalue weighted by Gasteiger charge is 2.15. The van der Waals surface area contributed by atoms with Gasteiger partial charge in [0.05, 0.1) is 21.4 Å². The van der Waals surface area contributed by atoms with Crippen LogP contribution in [0.4, 0.5) is 5.13 Å². The number of fused-ring (bicyclic) bond motifs is 4. The second kappa shape index (κ2) is 5.60. The summed E-state index contributed by atoms with van der Waals surface area (Å²) in [6, 6.07) is 23.6. The normalized spacial score (nSPS) is 11.6. The standard InChI is InChI=1S/C21H17N3S/c1-2-22-21-23-20-18(12-7-13-19(20)25-21)24-16-10-5-3-8-14(16)15-9-4-6-11-17(15)24/h3-13H,2H2,1H3,(H,22,23). The van der Waals surface area contributed by atoms with Gasteiger partial charge >= 0.3 is 0 Å². The molecule has 0 amide bonds. The summed E-state index contributed by atoms with van der Waals surface area (Å²) in [5, 5.41) is 6.87. The van der Waals surface area contributed by atoms with E-state index in [1.165, 1.54) is 26.5 Å². The smallest absolute Gasteiger partial charge is 0.183 e. The maximum atomic E-state index is 4.86. The van der Waals surface area contributed by atoms with Crippen LogP contribution in [0, 0.1) is 0 Å². The van der Waals surface area contributed by atoms with E-state index in [0.29, 0.717) is 0 Å². The first-order chi connectivity index (χ1) is 12.4. The third-order valence-electron chi connectivity index (χ3n) is 4.55. The molecule has 5 aromatic rings. The number of benzene rings is 3. The van der Waals surface area contributed by atoms with E-state index in [1.807, 2.05) is 0 Å². The summed E-state index contributed by atoms with van der Waals surface area (Å²) in [6.45, 7) is 2.98. The summed E-state index contributed by atoms with van der Waals surface area (Å²) >= 11 is 1.71. The number of hydrogen-bond donors (Lipinski definition) is 1. The van der Waals surface area contributed by atoms with Crippen LogP contribution in [0.25, 0.3) is 37.7 Å². The van der Waals surface area contributed by atoms with Gasteiger partial charge in [0.1, 0.15) is 5.52 Å². The first-order valence-electron chi connectivity index (χ1n) is 8.49. The fourth-order valence-electron chi connectivity index (χ4n) is 3.52. The predicted octanol–water partition coefficient (Wildman–Crippen LogP) is 5.83. The Bertz CT molecular complexity index is 1160. The maximum Gasteiger partial charge on any atom is 0.183 e. The molecule has 2 heterocycles. The lowest BCUT2D eigenvalue weighted by Gasteiger charge is -2.08. The fourth-order valence-corrected chi connectivity index (χ4v) is 4.48. The zero-order chi connectivity index (χ0) is 16.8. The van der Waals surface area contributed by atoms with Gasteiger partial charge in [-0.1, -0.05) is 53.8 Å². The molecule has 0 atom stereocenters. The predicted molar refractivity (Wildman–Crippen MR) is 108 cm³/mol. The minimum atomic E-state index is 0.880. The highest BCUT2D eigenvalue weighted by atomic mass is 32.1. The summed E-state index contributed by atoms with van der Waals surface area (Å²) in [6.07, 6.45) is 0. The molecule has 0 bridgehead atoms. The van der Waals surface area contributed by atoms with Crippen molar-refractivity contribution in [3.63, 3.8) is 0 Å². The Balaban J connectivity index is 1.91. The van der Waals surface area contributed by atoms with E-state index in [2.05, 4.69) is 83.5 Å². The molecule has 3 nitrogen and oxygen atoms in total. The molecule has 0 saturated heterocycles. The molecule has 0 unspecified atom stereocenters. The summed E-state index contributed by atoms with van der Waals surface area (Å²) in [5.41, 5.74) is 4.62. The monoisotopic (exact) mass is 343 g/mol. The number of rotatable bonds is 3. The van der Waals surface area contributed by atoms with Gasteiger partial charge in [0, 0.05) is 17.3 Å². The highest BCUT2D eigenvalue weighted by Crippen LogP contribution is 2.36. The van der Waals surface area contributed by atoms with E-state index in [0.717, 1.165) is 22.9 Å². The van der Waals surface area contributed by atoms with Gasteiger partial charge in [0.2, 0.25) is 0 Å². The molecule has 0 aliphatic rings. The Morgan fingerprint density at radius 1 is 0.880 bits per heavy atom. The number of nitrogens with one attached hydrogen (secondary N) is 1. The lowest BCUT2D eigenvalue weighted by Crippen LogP contribution is -1.96. The van der Waals surface area contributed by atoms with Crippen molar-refractivity contribution in [1.29, 1.82) is 0 Å². The number of para-hydroxylation sites is 3. The number of hydrogen-bond acceptors (Lipinski definition) is 3. The Hall–Kier alpha value is -2.85. The first kappa shape index (κ1) is 14.5. The Morgan fingerprint density at radius 3 is 2.24 bits per heavy atom. The molecular weight excluding hydrogens is 326 g/mol. The molecule has 1 N–H and O–H groups in total. The molecule has 25 heavy (non-hydrogen) atoms. The van der Waals surface area contributed by atoms with E-state index in [1.54, 1.807) is 11.3 Å². The van der Waals surface area contributed by atoms with Crippen molar-refractivity contribution in [2.45, 2.75) is 6.92 Å². The summed E-state index contributed by atoms with van der Waals surface area (Å²) < 4.78 is 3.54. The van der Waals surface area contributed by atoms with Gasteiger partial charge in [-0.2, -0.15) is 0 Å². The molecule has 0 aliphatic heterocycles. The van der Waals surface area contributed by atoms with Crippen molar-refractivity contribution in [1.82, 2.24) is 9.55 Å². The van der Waals surface area contributed by atoms with Crippen molar-refractivity contribution in [3.8, 4) is 5.69 Å². The average Bonchev–Trinajstić information content (AvgIpc) is 3.20. The largest absolute Gasteiger partial charge is 0.362 e. The van der Waals surface area contributed by atoms with Gasteiger partial charge in [0.25, 0.3) is 0 Å². The Morgan fingerprint density at radius 2 is 1.56 bits per heavy atom. The van der Waals surface area contributed by atoms with Crippen molar-refractivity contribution in [2.75, 3.05) is 11.9 Å². The van der Waals surface area contributed by atoms with Crippen molar-refractivity contribution in [3.05, 3.63) is 66.7 Å². The molecular formula is C21H17N3S. The van der Waals surface area contributed by atoms with Crippen LogP contribution in [-0.4, -0.2) is 16.1 Å². The van der Waals surface area contributed by atoms with E-state index in [-0.39, 0.29) is 0 Å². The molecule has 0 saturated carbocycles. The molecule has 122 valence electrons. The minimum Gasteiger partial charge on any atom is -0.362 e. The van der Waals surface area contributed by atoms with Gasteiger partial charge < -0.3 is 9.88 Å². The van der Waals surface area contributed by atoms with Crippen LogP contribution in [0.3, 0.4) is 0 Å². The van der Waals surface area contributed by atoms with Gasteiger partial charge in [-0.15, -0.1) is 0 Å². The molecule has 5 rings (SSSR count). The second-order valence-electron chi connectivity index (χ2n) is 6.04. The van der Waals surface area contributed by atoms with Crippen LogP contribution < -0.4 is 5.32 Å². The van der Waals surface area contributed by atoms with E-state index in [9.17, 15) is 0 Å². The Labute approximate surface area is 149 Å². The first-order valence-corrected chi connectivity index (χ1v) is 9.30. The van der Waals surface area contributed by atoms with Crippen LogP contribution in [0.1, 0.15) is 6.92 Å². The lowest BCUT2D eigenvalue weighted by atomic mass is 10.2. The van der Waals surface area contributed by atoms with Crippen LogP contribution in [-0.2, 0) is 0 Å². The quantitative estimate of drug-likeness (QED) is 0.447. The minimum absolute atomic E-state index is 0.880. The third-order valence-corrected chi connectivity index (χ3v) is 5.52. The molecule has 3 aromatic carbocycles. The molecule has 2 aromatic heterocycles. The van der Waals surface area contributed by atoms with Crippen LogP contribution >= 0.6 is 11.3 Å². The van der Waals surface area contributed by atoms with Crippen molar-refractivity contribution in [2.24, 2.45) is 0 Å². The number of thiazole rings is 1. The topological polar surface area (TPSA) is 29.9 Å². The van der Waals surface area contributed by atoms with Gasteiger partial charge in [0.15, 0.2) is 5.13 Å². The number of nitrogens with zero attached hydrogens (tertiary/aromatic N) is 2. The van der Waals surface area contributed by atoms with Gasteiger partial charge in [-0.05, 0) is 31.2 Å². The van der Waals surface area contributed by atoms with Crippen molar-refractivity contribution >= 4 is 48.5 Å². The zero-order valence-corrected chi connectivity index (χ0v) is 14.7. The Kier molecular flexibility index (Phi) is 3.25. The molecule has 4 heteroatoms. The van der Waals surface area contributed by atoms with Gasteiger partial charge in [-0.3, -0.25) is 0 Å². The molecule has 0 aliphatic carbocycles. The number of anilines is 1. The van der Waals surface area contributed by atoms with E-state index in [4.69, 9.17) is 4.98 Å². The highest BCUT2D eigenvalue weighted by molar-refractivity contribution is 7.22. The molecule has 0 spiro atoms. The van der Waals surface area contributed by atoms with Gasteiger partial charge in [-0.25, -0.2) is 4.98 Å². The van der Waals surface area contributed by atoms with Crippen LogP contribution in [0.15, 0.2) is 66.7 Å². The number of aromatic nitrogens is 2. The van der Waals surface area contributed by atoms with E-state index < -0.39 is 0 Å². The molecule has 0 fully saturated rings.